The summed E-state index contributed by atoms with van der Waals surface area (Å²) in [4.78, 5) is 36.8. The Balaban J connectivity index is 1.72. The third-order valence-corrected chi connectivity index (χ3v) is 4.81. The molecule has 2 aliphatic rings. The van der Waals surface area contributed by atoms with Crippen LogP contribution in [0, 0.1) is 5.92 Å². The lowest BCUT2D eigenvalue weighted by Crippen LogP contribution is -2.34. The number of anilines is 1. The van der Waals surface area contributed by atoms with Gasteiger partial charge < -0.3 is 15.7 Å². The van der Waals surface area contributed by atoms with Gasteiger partial charge in [0.1, 0.15) is 0 Å². The van der Waals surface area contributed by atoms with E-state index in [0.29, 0.717) is 43.1 Å². The second-order valence-corrected chi connectivity index (χ2v) is 6.47. The van der Waals surface area contributed by atoms with Crippen LogP contribution in [0.3, 0.4) is 0 Å². The zero-order valence-electron chi connectivity index (χ0n) is 12.9. The van der Waals surface area contributed by atoms with Crippen molar-refractivity contribution in [1.29, 1.82) is 0 Å². The van der Waals surface area contributed by atoms with Gasteiger partial charge in [0.15, 0.2) is 0 Å². The second-order valence-electron chi connectivity index (χ2n) is 6.07. The number of carbonyl (C=O) groups excluding carboxylic acids is 2. The number of urea groups is 1. The maximum Gasteiger partial charge on any atom is 0.321 e. The van der Waals surface area contributed by atoms with Gasteiger partial charge in [-0.25, -0.2) is 4.79 Å². The number of rotatable bonds is 4. The number of aliphatic carboxylic acids is 1. The summed E-state index contributed by atoms with van der Waals surface area (Å²) in [5.41, 5.74) is 0.891. The molecular formula is C16H18ClN3O4. The Morgan fingerprint density at radius 1 is 1.33 bits per heavy atom. The van der Waals surface area contributed by atoms with Gasteiger partial charge in [0.05, 0.1) is 16.5 Å². The molecule has 0 aromatic heterocycles. The number of amides is 3. The summed E-state index contributed by atoms with van der Waals surface area (Å²) in [6.45, 7) is 1.09. The monoisotopic (exact) mass is 351 g/mol. The summed E-state index contributed by atoms with van der Waals surface area (Å²) in [5.74, 6) is -1.59. The maximum absolute atomic E-state index is 12.5. The lowest BCUT2D eigenvalue weighted by atomic mass is 10.1. The highest BCUT2D eigenvalue weighted by Gasteiger charge is 2.31. The van der Waals surface area contributed by atoms with Crippen LogP contribution in [-0.4, -0.2) is 42.1 Å². The normalized spacial score (nSPS) is 23.2. The average molecular weight is 352 g/mol. The van der Waals surface area contributed by atoms with E-state index in [4.69, 9.17) is 16.7 Å². The van der Waals surface area contributed by atoms with Crippen molar-refractivity contribution in [2.24, 2.45) is 5.92 Å². The van der Waals surface area contributed by atoms with Gasteiger partial charge in [0.25, 0.3) is 5.91 Å². The van der Waals surface area contributed by atoms with Crippen molar-refractivity contribution in [2.45, 2.75) is 25.3 Å². The highest BCUT2D eigenvalue weighted by molar-refractivity contribution is 6.34. The lowest BCUT2D eigenvalue weighted by Gasteiger charge is -2.17. The zero-order valence-corrected chi connectivity index (χ0v) is 13.7. The first-order chi connectivity index (χ1) is 11.5. The molecule has 1 aliphatic carbocycles. The van der Waals surface area contributed by atoms with Gasteiger partial charge >= 0.3 is 12.0 Å². The van der Waals surface area contributed by atoms with Crippen molar-refractivity contribution in [3.63, 3.8) is 0 Å². The molecule has 1 saturated carbocycles. The fourth-order valence-electron chi connectivity index (χ4n) is 3.17. The number of carboxylic acids is 1. The van der Waals surface area contributed by atoms with E-state index in [0.717, 1.165) is 0 Å². The fourth-order valence-corrected chi connectivity index (χ4v) is 3.38. The number of carboxylic acid groups (broad SMARTS) is 1. The Labute approximate surface area is 144 Å². The molecule has 1 aromatic carbocycles. The van der Waals surface area contributed by atoms with E-state index in [1.807, 2.05) is 0 Å². The number of hydrogen-bond donors (Lipinski definition) is 3. The Morgan fingerprint density at radius 2 is 2.12 bits per heavy atom. The molecule has 1 aliphatic heterocycles. The molecule has 2 atom stereocenters. The Hall–Kier alpha value is -2.28. The number of nitrogens with zero attached hydrogens (tertiary/aromatic N) is 1. The van der Waals surface area contributed by atoms with Gasteiger partial charge in [-0.3, -0.25) is 14.5 Å². The van der Waals surface area contributed by atoms with E-state index in [1.54, 1.807) is 23.1 Å². The van der Waals surface area contributed by atoms with E-state index < -0.39 is 11.9 Å². The van der Waals surface area contributed by atoms with Gasteiger partial charge in [0.2, 0.25) is 0 Å². The summed E-state index contributed by atoms with van der Waals surface area (Å²) in [5, 5.41) is 14.9. The molecule has 0 spiro atoms. The Kier molecular flexibility index (Phi) is 4.62. The Morgan fingerprint density at radius 3 is 2.75 bits per heavy atom. The molecule has 2 fully saturated rings. The summed E-state index contributed by atoms with van der Waals surface area (Å²) in [6, 6.07) is 4.50. The van der Waals surface area contributed by atoms with Crippen molar-refractivity contribution in [1.82, 2.24) is 10.6 Å². The Bertz CT molecular complexity index is 694. The van der Waals surface area contributed by atoms with Gasteiger partial charge in [-0.15, -0.1) is 0 Å². The minimum Gasteiger partial charge on any atom is -0.481 e. The number of carbonyl (C=O) groups is 3. The topological polar surface area (TPSA) is 98.7 Å². The molecule has 7 nitrogen and oxygen atoms in total. The van der Waals surface area contributed by atoms with Crippen LogP contribution in [0.25, 0.3) is 0 Å². The molecule has 24 heavy (non-hydrogen) atoms. The number of halogens is 1. The van der Waals surface area contributed by atoms with E-state index in [9.17, 15) is 14.4 Å². The van der Waals surface area contributed by atoms with Crippen molar-refractivity contribution in [3.8, 4) is 0 Å². The smallest absolute Gasteiger partial charge is 0.321 e. The average Bonchev–Trinajstić information content (AvgIpc) is 3.17. The standard InChI is InChI=1S/C16H18ClN3O4/c17-13-4-3-11(20-6-5-18-16(20)24)8-12(13)14(21)19-10-2-1-9(7-10)15(22)23/h3-4,8-10H,1-2,5-7H2,(H,18,24)(H,19,21)(H,22,23)/t9-,10+/m0/s1. The third kappa shape index (κ3) is 3.31. The quantitative estimate of drug-likeness (QED) is 0.771. The molecule has 1 saturated heterocycles. The van der Waals surface area contributed by atoms with E-state index in [-0.39, 0.29) is 23.5 Å². The molecule has 3 amide bonds. The van der Waals surface area contributed by atoms with Crippen LogP contribution in [0.1, 0.15) is 29.6 Å². The molecule has 3 rings (SSSR count). The number of nitrogens with one attached hydrogen (secondary N) is 2. The maximum atomic E-state index is 12.5. The summed E-state index contributed by atoms with van der Waals surface area (Å²) < 4.78 is 0. The molecule has 128 valence electrons. The molecular weight excluding hydrogens is 334 g/mol. The van der Waals surface area contributed by atoms with Crippen LogP contribution >= 0.6 is 11.6 Å². The minimum absolute atomic E-state index is 0.173. The molecule has 0 radical (unpaired) electrons. The van der Waals surface area contributed by atoms with E-state index >= 15 is 0 Å². The van der Waals surface area contributed by atoms with Crippen LogP contribution in [0.15, 0.2) is 18.2 Å². The van der Waals surface area contributed by atoms with Crippen LogP contribution in [0.4, 0.5) is 10.5 Å². The van der Waals surface area contributed by atoms with Crippen LogP contribution in [-0.2, 0) is 4.79 Å². The van der Waals surface area contributed by atoms with Gasteiger partial charge in [-0.1, -0.05) is 11.6 Å². The van der Waals surface area contributed by atoms with Gasteiger partial charge in [-0.2, -0.15) is 0 Å². The van der Waals surface area contributed by atoms with Crippen molar-refractivity contribution < 1.29 is 19.5 Å². The highest BCUT2D eigenvalue weighted by atomic mass is 35.5. The van der Waals surface area contributed by atoms with E-state index in [1.165, 1.54) is 0 Å². The molecule has 0 bridgehead atoms. The highest BCUT2D eigenvalue weighted by Crippen LogP contribution is 2.28. The van der Waals surface area contributed by atoms with Crippen LogP contribution in [0.5, 0.6) is 0 Å². The first-order valence-corrected chi connectivity index (χ1v) is 8.22. The van der Waals surface area contributed by atoms with Gasteiger partial charge in [-0.05, 0) is 37.5 Å². The summed E-state index contributed by atoms with van der Waals surface area (Å²) in [6.07, 6.45) is 1.61. The molecule has 0 unspecified atom stereocenters. The third-order valence-electron chi connectivity index (χ3n) is 4.48. The largest absolute Gasteiger partial charge is 0.481 e. The predicted octanol–water partition coefficient (Wildman–Crippen LogP) is 1.85. The molecule has 1 aromatic rings. The number of benzene rings is 1. The minimum atomic E-state index is -0.827. The number of hydrogen-bond acceptors (Lipinski definition) is 3. The van der Waals surface area contributed by atoms with Crippen molar-refractivity contribution in [3.05, 3.63) is 28.8 Å². The van der Waals surface area contributed by atoms with Crippen molar-refractivity contribution >= 4 is 35.2 Å². The molecule has 1 heterocycles. The SMILES string of the molecule is O=C(N[C@@H]1CC[C@H](C(=O)O)C1)c1cc(N2CCNC2=O)ccc1Cl. The van der Waals surface area contributed by atoms with Crippen LogP contribution < -0.4 is 15.5 Å². The summed E-state index contributed by atoms with van der Waals surface area (Å²) in [7, 11) is 0. The lowest BCUT2D eigenvalue weighted by molar-refractivity contribution is -0.141. The summed E-state index contributed by atoms with van der Waals surface area (Å²) >= 11 is 6.12. The second kappa shape index (κ2) is 6.68. The first kappa shape index (κ1) is 16.6. The van der Waals surface area contributed by atoms with Gasteiger partial charge in [0, 0.05) is 24.8 Å². The van der Waals surface area contributed by atoms with Crippen LogP contribution in [0.2, 0.25) is 5.02 Å². The van der Waals surface area contributed by atoms with E-state index in [2.05, 4.69) is 10.6 Å². The first-order valence-electron chi connectivity index (χ1n) is 7.84. The molecule has 3 N–H and O–H groups in total. The zero-order chi connectivity index (χ0) is 17.3. The predicted molar refractivity (Wildman–Crippen MR) is 88.4 cm³/mol. The fraction of sp³-hybridized carbons (Fsp3) is 0.438. The molecule has 8 heteroatoms. The van der Waals surface area contributed by atoms with Crippen molar-refractivity contribution in [2.75, 3.05) is 18.0 Å².